The van der Waals surface area contributed by atoms with Gasteiger partial charge in [-0.3, -0.25) is 9.59 Å². The molecule has 0 saturated carbocycles. The van der Waals surface area contributed by atoms with E-state index in [2.05, 4.69) is 27.3 Å². The predicted molar refractivity (Wildman–Crippen MR) is 137 cm³/mol. The van der Waals surface area contributed by atoms with Crippen LogP contribution in [0.1, 0.15) is 35.7 Å². The van der Waals surface area contributed by atoms with Crippen molar-refractivity contribution >= 4 is 50.0 Å². The third kappa shape index (κ3) is 4.80. The van der Waals surface area contributed by atoms with Crippen LogP contribution in [0.15, 0.2) is 93.1 Å². The summed E-state index contributed by atoms with van der Waals surface area (Å²) in [6.45, 7) is 3.35. The van der Waals surface area contributed by atoms with E-state index in [0.29, 0.717) is 27.4 Å². The van der Waals surface area contributed by atoms with Gasteiger partial charge in [0.2, 0.25) is 0 Å². The fraction of sp³-hybridized carbons (Fsp3) is 0.148. The quantitative estimate of drug-likeness (QED) is 0.378. The Morgan fingerprint density at radius 3 is 2.42 bits per heavy atom. The van der Waals surface area contributed by atoms with Crippen molar-refractivity contribution in [3.8, 4) is 6.07 Å². The molecule has 0 saturated heterocycles. The van der Waals surface area contributed by atoms with Crippen LogP contribution in [-0.2, 0) is 4.79 Å². The summed E-state index contributed by atoms with van der Waals surface area (Å²) >= 11 is 4.74. The number of nitrogens with one attached hydrogen (secondary N) is 1. The lowest BCUT2D eigenvalue weighted by Gasteiger charge is -2.29. The molecular weight excluding hydrogens is 496 g/mol. The molecule has 1 aliphatic heterocycles. The van der Waals surface area contributed by atoms with Gasteiger partial charge in [0.15, 0.2) is 11.6 Å². The minimum atomic E-state index is -0.472. The normalized spacial score (nSPS) is 15.9. The lowest BCUT2D eigenvalue weighted by atomic mass is 9.81. The smallest absolute Gasteiger partial charge is 0.173 e. The van der Waals surface area contributed by atoms with Gasteiger partial charge in [-0.2, -0.15) is 5.26 Å². The first-order chi connectivity index (χ1) is 15.9. The Morgan fingerprint density at radius 2 is 1.76 bits per heavy atom. The molecule has 0 unspecified atom stereocenters. The zero-order valence-corrected chi connectivity index (χ0v) is 20.6. The summed E-state index contributed by atoms with van der Waals surface area (Å²) in [4.78, 5) is 25.4. The summed E-state index contributed by atoms with van der Waals surface area (Å²) in [5, 5.41) is 16.0. The van der Waals surface area contributed by atoms with Crippen molar-refractivity contribution in [1.82, 2.24) is 5.32 Å². The number of hydrogen-bond acceptors (Lipinski definition) is 5. The lowest BCUT2D eigenvalue weighted by molar-refractivity contribution is -0.113. The Morgan fingerprint density at radius 1 is 1.06 bits per heavy atom. The van der Waals surface area contributed by atoms with Crippen LogP contribution in [0.4, 0.5) is 0 Å². The Hall–Kier alpha value is -3.14. The van der Waals surface area contributed by atoms with E-state index in [1.807, 2.05) is 73.7 Å². The second kappa shape index (κ2) is 9.78. The number of dihydropyridines is 1. The van der Waals surface area contributed by atoms with Gasteiger partial charge < -0.3 is 5.32 Å². The molecule has 33 heavy (non-hydrogen) atoms. The Balaban J connectivity index is 1.64. The maximum absolute atomic E-state index is 12.9. The van der Waals surface area contributed by atoms with Crippen molar-refractivity contribution in [2.45, 2.75) is 19.8 Å². The molecule has 0 amide bonds. The molecule has 3 aromatic carbocycles. The number of halogens is 1. The first kappa shape index (κ1) is 23.0. The fourth-order valence-electron chi connectivity index (χ4n) is 4.07. The Bertz CT molecular complexity index is 1370. The van der Waals surface area contributed by atoms with Crippen LogP contribution in [0.25, 0.3) is 10.8 Å². The van der Waals surface area contributed by atoms with Gasteiger partial charge in [-0.05, 0) is 48.4 Å². The van der Waals surface area contributed by atoms with E-state index in [1.165, 1.54) is 18.7 Å². The van der Waals surface area contributed by atoms with Crippen LogP contribution in [0.5, 0.6) is 0 Å². The summed E-state index contributed by atoms with van der Waals surface area (Å²) < 4.78 is 0.920. The summed E-state index contributed by atoms with van der Waals surface area (Å²) in [5.74, 6) is -0.393. The van der Waals surface area contributed by atoms with Crippen molar-refractivity contribution in [3.05, 3.63) is 104 Å². The summed E-state index contributed by atoms with van der Waals surface area (Å²) in [6, 6.07) is 23.5. The number of rotatable bonds is 6. The highest BCUT2D eigenvalue weighted by atomic mass is 79.9. The molecule has 0 bridgehead atoms. The van der Waals surface area contributed by atoms with Gasteiger partial charge >= 0.3 is 0 Å². The average Bonchev–Trinajstić information content (AvgIpc) is 2.82. The minimum Gasteiger partial charge on any atom is -0.353 e. The first-order valence-electron chi connectivity index (χ1n) is 10.4. The van der Waals surface area contributed by atoms with Gasteiger partial charge in [-0.25, -0.2) is 0 Å². The van der Waals surface area contributed by atoms with Crippen LogP contribution in [0.3, 0.4) is 0 Å². The topological polar surface area (TPSA) is 70.0 Å². The van der Waals surface area contributed by atoms with Crippen molar-refractivity contribution in [1.29, 1.82) is 5.26 Å². The SMILES string of the molecule is CC(=O)C1=C(C)NC(SCC(=O)c2ccc3ccccc3c2)=C(C#N)[C@@H]1c1ccc(Br)cc1. The monoisotopic (exact) mass is 516 g/mol. The highest BCUT2D eigenvalue weighted by molar-refractivity contribution is 9.10. The van der Waals surface area contributed by atoms with Crippen LogP contribution in [0.2, 0.25) is 0 Å². The molecule has 0 fully saturated rings. The molecule has 0 aromatic heterocycles. The number of nitriles is 1. The number of allylic oxidation sites excluding steroid dienone is 3. The number of Topliss-reactive ketones (excluding diaryl/α,β-unsaturated/α-hetero) is 2. The maximum Gasteiger partial charge on any atom is 0.173 e. The second-order valence-corrected chi connectivity index (χ2v) is 9.73. The van der Waals surface area contributed by atoms with Crippen molar-refractivity contribution in [2.24, 2.45) is 0 Å². The predicted octanol–water partition coefficient (Wildman–Crippen LogP) is 6.50. The standard InChI is InChI=1S/C27H21BrN2O2S/c1-16-25(17(2)31)26(19-9-11-22(28)12-10-19)23(14-29)27(30-16)33-15-24(32)21-8-7-18-5-3-4-6-20(18)13-21/h3-13,26,30H,15H2,1-2H3/t26-/m0/s1. The third-order valence-corrected chi connectivity index (χ3v) is 7.19. The minimum absolute atomic E-state index is 0.0171. The van der Waals surface area contributed by atoms with Crippen LogP contribution >= 0.6 is 27.7 Å². The number of fused-ring (bicyclic) bond motifs is 1. The fourth-order valence-corrected chi connectivity index (χ4v) is 5.32. The summed E-state index contributed by atoms with van der Waals surface area (Å²) in [6.07, 6.45) is 0. The van der Waals surface area contributed by atoms with Gasteiger partial charge in [0.1, 0.15) is 0 Å². The van der Waals surface area contributed by atoms with Crippen molar-refractivity contribution < 1.29 is 9.59 Å². The highest BCUT2D eigenvalue weighted by Crippen LogP contribution is 2.41. The van der Waals surface area contributed by atoms with Crippen LogP contribution in [0, 0.1) is 11.3 Å². The second-order valence-electron chi connectivity index (χ2n) is 7.83. The van der Waals surface area contributed by atoms with Gasteiger partial charge in [0.25, 0.3) is 0 Å². The number of benzene rings is 3. The number of nitrogens with zero attached hydrogens (tertiary/aromatic N) is 1. The van der Waals surface area contributed by atoms with Crippen LogP contribution in [-0.4, -0.2) is 17.3 Å². The molecule has 0 radical (unpaired) electrons. The third-order valence-electron chi connectivity index (χ3n) is 5.65. The highest BCUT2D eigenvalue weighted by Gasteiger charge is 2.33. The van der Waals surface area contributed by atoms with Gasteiger partial charge in [-0.1, -0.05) is 76.2 Å². The molecule has 1 atom stereocenters. The molecule has 4 nitrogen and oxygen atoms in total. The molecular formula is C27H21BrN2O2S. The maximum atomic E-state index is 12.9. The van der Waals surface area contributed by atoms with E-state index >= 15 is 0 Å². The summed E-state index contributed by atoms with van der Waals surface area (Å²) in [5.41, 5.74) is 3.22. The average molecular weight is 517 g/mol. The van der Waals surface area contributed by atoms with Gasteiger partial charge in [0, 0.05) is 21.3 Å². The number of hydrogen-bond donors (Lipinski definition) is 1. The number of carbonyl (C=O) groups is 2. The Labute approximate surface area is 205 Å². The molecule has 3 aromatic rings. The van der Waals surface area contributed by atoms with E-state index < -0.39 is 5.92 Å². The molecule has 6 heteroatoms. The molecule has 0 aliphatic carbocycles. The number of ketones is 2. The largest absolute Gasteiger partial charge is 0.353 e. The van der Waals surface area contributed by atoms with E-state index in [0.717, 1.165) is 20.8 Å². The molecule has 1 heterocycles. The van der Waals surface area contributed by atoms with Gasteiger partial charge in [0.05, 0.1) is 28.3 Å². The van der Waals surface area contributed by atoms with E-state index in [9.17, 15) is 14.9 Å². The zero-order valence-electron chi connectivity index (χ0n) is 18.2. The first-order valence-corrected chi connectivity index (χ1v) is 12.2. The van der Waals surface area contributed by atoms with E-state index in [1.54, 1.807) is 0 Å². The molecule has 1 N–H and O–H groups in total. The van der Waals surface area contributed by atoms with E-state index in [4.69, 9.17) is 0 Å². The molecule has 0 spiro atoms. The summed E-state index contributed by atoms with van der Waals surface area (Å²) in [7, 11) is 0. The zero-order chi connectivity index (χ0) is 23.5. The molecule has 4 rings (SSSR count). The van der Waals surface area contributed by atoms with E-state index in [-0.39, 0.29) is 17.3 Å². The molecule has 164 valence electrons. The molecule has 1 aliphatic rings. The number of carbonyl (C=O) groups excluding carboxylic acids is 2. The van der Waals surface area contributed by atoms with Crippen LogP contribution < -0.4 is 5.32 Å². The number of thioether (sulfide) groups is 1. The van der Waals surface area contributed by atoms with Crippen molar-refractivity contribution in [2.75, 3.05) is 5.75 Å². The lowest BCUT2D eigenvalue weighted by Crippen LogP contribution is -2.27. The van der Waals surface area contributed by atoms with Crippen molar-refractivity contribution in [3.63, 3.8) is 0 Å². The Kier molecular flexibility index (Phi) is 6.83. The van der Waals surface area contributed by atoms with Gasteiger partial charge in [-0.15, -0.1) is 0 Å².